The number of thiophene rings is 1. The second kappa shape index (κ2) is 11.7. The van der Waals surface area contributed by atoms with Gasteiger partial charge in [-0.1, -0.05) is 47.5 Å². The summed E-state index contributed by atoms with van der Waals surface area (Å²) in [6.45, 7) is 1.69. The van der Waals surface area contributed by atoms with Gasteiger partial charge in [-0.15, -0.1) is 11.3 Å². The van der Waals surface area contributed by atoms with E-state index in [4.69, 9.17) is 21.1 Å². The van der Waals surface area contributed by atoms with Crippen LogP contribution in [0.4, 0.5) is 0 Å². The number of nitrogens with one attached hydrogen (secondary N) is 2. The van der Waals surface area contributed by atoms with Crippen LogP contribution in [0.25, 0.3) is 10.1 Å². The van der Waals surface area contributed by atoms with Crippen LogP contribution in [0.5, 0.6) is 11.5 Å². The maximum atomic E-state index is 12.8. The average Bonchev–Trinajstić information content (AvgIpc) is 3.25. The number of amides is 2. The predicted octanol–water partition coefficient (Wildman–Crippen LogP) is 4.97. The monoisotopic (exact) mass is 535 g/mol. The fraction of sp³-hybridized carbons (Fsp3) is 0.111. The minimum Gasteiger partial charge on any atom is -0.493 e. The number of benzene rings is 3. The van der Waals surface area contributed by atoms with Crippen LogP contribution in [0.3, 0.4) is 0 Å². The van der Waals surface area contributed by atoms with E-state index >= 15 is 0 Å². The number of fused-ring (bicyclic) bond motifs is 1. The Morgan fingerprint density at radius 3 is 2.51 bits per heavy atom. The fourth-order valence-electron chi connectivity index (χ4n) is 3.33. The molecule has 3 aromatic carbocycles. The van der Waals surface area contributed by atoms with Gasteiger partial charge in [0.15, 0.2) is 11.5 Å². The predicted molar refractivity (Wildman–Crippen MR) is 144 cm³/mol. The minimum atomic E-state index is -0.592. The van der Waals surface area contributed by atoms with Crippen LogP contribution in [-0.2, 0) is 4.79 Å². The molecule has 0 aliphatic heterocycles. The minimum absolute atomic E-state index is 0.209. The topological polar surface area (TPSA) is 106 Å². The lowest BCUT2D eigenvalue weighted by Crippen LogP contribution is -2.34. The first kappa shape index (κ1) is 25.9. The third-order valence-corrected chi connectivity index (χ3v) is 6.89. The summed E-state index contributed by atoms with van der Waals surface area (Å²) in [5.74, 6) is -0.932. The van der Waals surface area contributed by atoms with Crippen molar-refractivity contribution in [2.45, 2.75) is 6.92 Å². The van der Waals surface area contributed by atoms with E-state index in [0.29, 0.717) is 26.8 Å². The van der Waals surface area contributed by atoms with Gasteiger partial charge in [0.1, 0.15) is 4.88 Å². The SMILES string of the molecule is COc1cc(C=NNC(=O)CNC(=O)c2ccc(C)cc2)ccc1OC(=O)c1sc2ccccc2c1Cl. The highest BCUT2D eigenvalue weighted by atomic mass is 35.5. The van der Waals surface area contributed by atoms with E-state index in [1.165, 1.54) is 24.7 Å². The number of rotatable bonds is 8. The number of esters is 1. The zero-order chi connectivity index (χ0) is 26.4. The lowest BCUT2D eigenvalue weighted by molar-refractivity contribution is -0.120. The zero-order valence-corrected chi connectivity index (χ0v) is 21.5. The number of hydrogen-bond acceptors (Lipinski definition) is 7. The molecule has 0 spiro atoms. The highest BCUT2D eigenvalue weighted by Crippen LogP contribution is 2.37. The van der Waals surface area contributed by atoms with Crippen LogP contribution in [0, 0.1) is 6.92 Å². The number of carbonyl (C=O) groups excluding carboxylic acids is 3. The van der Waals surface area contributed by atoms with Gasteiger partial charge in [-0.05, 0) is 48.9 Å². The Kier molecular flexibility index (Phi) is 8.17. The molecule has 0 atom stereocenters. The van der Waals surface area contributed by atoms with Crippen molar-refractivity contribution in [3.63, 3.8) is 0 Å². The highest BCUT2D eigenvalue weighted by molar-refractivity contribution is 7.21. The molecule has 0 fully saturated rings. The molecule has 1 heterocycles. The van der Waals surface area contributed by atoms with Crippen molar-refractivity contribution in [2.24, 2.45) is 5.10 Å². The summed E-state index contributed by atoms with van der Waals surface area (Å²) in [4.78, 5) is 37.2. The lowest BCUT2D eigenvalue weighted by atomic mass is 10.1. The Morgan fingerprint density at radius 1 is 1.03 bits per heavy atom. The molecule has 4 rings (SSSR count). The van der Waals surface area contributed by atoms with Crippen LogP contribution < -0.4 is 20.2 Å². The van der Waals surface area contributed by atoms with Gasteiger partial charge >= 0.3 is 5.97 Å². The Hall–Kier alpha value is -4.21. The second-order valence-electron chi connectivity index (χ2n) is 7.88. The Balaban J connectivity index is 1.34. The molecule has 188 valence electrons. The zero-order valence-electron chi connectivity index (χ0n) is 19.9. The summed E-state index contributed by atoms with van der Waals surface area (Å²) in [6.07, 6.45) is 1.40. The van der Waals surface area contributed by atoms with Crippen LogP contribution in [-0.4, -0.2) is 37.7 Å². The largest absolute Gasteiger partial charge is 0.493 e. The lowest BCUT2D eigenvalue weighted by Gasteiger charge is -2.09. The van der Waals surface area contributed by atoms with E-state index in [1.54, 1.807) is 30.3 Å². The second-order valence-corrected chi connectivity index (χ2v) is 9.31. The van der Waals surface area contributed by atoms with E-state index in [0.717, 1.165) is 15.6 Å². The van der Waals surface area contributed by atoms with E-state index in [2.05, 4.69) is 15.8 Å². The molecule has 37 heavy (non-hydrogen) atoms. The molecule has 2 amide bonds. The molecule has 10 heteroatoms. The fourth-order valence-corrected chi connectivity index (χ4v) is 4.71. The van der Waals surface area contributed by atoms with E-state index in [9.17, 15) is 14.4 Å². The van der Waals surface area contributed by atoms with Crippen molar-refractivity contribution in [3.8, 4) is 11.5 Å². The molecular formula is C27H22ClN3O5S. The summed E-state index contributed by atoms with van der Waals surface area (Å²) < 4.78 is 11.8. The van der Waals surface area contributed by atoms with Gasteiger partial charge in [0.25, 0.3) is 11.8 Å². The van der Waals surface area contributed by atoms with Gasteiger partial charge in [0.2, 0.25) is 0 Å². The van der Waals surface area contributed by atoms with Gasteiger partial charge in [-0.2, -0.15) is 5.10 Å². The van der Waals surface area contributed by atoms with Crippen LogP contribution in [0.1, 0.15) is 31.2 Å². The van der Waals surface area contributed by atoms with Gasteiger partial charge in [0, 0.05) is 15.6 Å². The Labute approximate surface area is 221 Å². The van der Waals surface area contributed by atoms with E-state index < -0.39 is 11.9 Å². The first-order chi connectivity index (χ1) is 17.9. The molecular weight excluding hydrogens is 514 g/mol. The van der Waals surface area contributed by atoms with Crippen molar-refractivity contribution in [1.82, 2.24) is 10.7 Å². The van der Waals surface area contributed by atoms with Crippen molar-refractivity contribution in [2.75, 3.05) is 13.7 Å². The molecule has 8 nitrogen and oxygen atoms in total. The van der Waals surface area contributed by atoms with Gasteiger partial charge in [-0.25, -0.2) is 10.2 Å². The van der Waals surface area contributed by atoms with Crippen LogP contribution in [0.15, 0.2) is 71.8 Å². The summed E-state index contributed by atoms with van der Waals surface area (Å²) in [7, 11) is 1.44. The molecule has 0 aliphatic carbocycles. The quantitative estimate of drug-likeness (QED) is 0.143. The summed E-state index contributed by atoms with van der Waals surface area (Å²) in [5.41, 5.74) is 4.43. The molecule has 0 saturated carbocycles. The number of ether oxygens (including phenoxy) is 2. The number of carbonyl (C=O) groups is 3. The third kappa shape index (κ3) is 6.32. The highest BCUT2D eigenvalue weighted by Gasteiger charge is 2.20. The Bertz CT molecular complexity index is 1500. The Morgan fingerprint density at radius 2 is 1.78 bits per heavy atom. The number of aryl methyl sites for hydroxylation is 1. The first-order valence-electron chi connectivity index (χ1n) is 11.1. The molecule has 1 aromatic heterocycles. The normalized spacial score (nSPS) is 10.9. The first-order valence-corrected chi connectivity index (χ1v) is 12.3. The number of hydrazone groups is 1. The molecule has 0 bridgehead atoms. The molecule has 4 aromatic rings. The molecule has 2 N–H and O–H groups in total. The summed E-state index contributed by atoms with van der Waals surface area (Å²) in [5, 5.41) is 7.57. The number of methoxy groups -OCH3 is 1. The maximum absolute atomic E-state index is 12.8. The number of hydrogen-bond donors (Lipinski definition) is 2. The number of nitrogens with zero attached hydrogens (tertiary/aromatic N) is 1. The molecule has 0 aliphatic rings. The third-order valence-electron chi connectivity index (χ3n) is 5.24. The molecule has 0 saturated heterocycles. The van der Waals surface area contributed by atoms with E-state index in [1.807, 2.05) is 43.3 Å². The molecule has 0 unspecified atom stereocenters. The average molecular weight is 536 g/mol. The van der Waals surface area contributed by atoms with Crippen molar-refractivity contribution in [3.05, 3.63) is 93.3 Å². The van der Waals surface area contributed by atoms with Crippen LogP contribution >= 0.6 is 22.9 Å². The maximum Gasteiger partial charge on any atom is 0.355 e. The van der Waals surface area contributed by atoms with Gasteiger partial charge in [-0.3, -0.25) is 9.59 Å². The van der Waals surface area contributed by atoms with Gasteiger partial charge in [0.05, 0.1) is 24.9 Å². The smallest absolute Gasteiger partial charge is 0.355 e. The van der Waals surface area contributed by atoms with Gasteiger partial charge < -0.3 is 14.8 Å². The standard InChI is InChI=1S/C27H22ClN3O5S/c1-16-7-10-18(11-8-16)26(33)29-15-23(32)31-30-14-17-9-12-20(21(13-17)35-2)36-27(34)25-24(28)19-5-3-4-6-22(19)37-25/h3-14H,15H2,1-2H3,(H,29,33)(H,31,32). The number of halogens is 1. The summed E-state index contributed by atoms with van der Waals surface area (Å²) in [6, 6.07) is 19.3. The van der Waals surface area contributed by atoms with Crippen molar-refractivity contribution < 1.29 is 23.9 Å². The summed E-state index contributed by atoms with van der Waals surface area (Å²) >= 11 is 7.63. The van der Waals surface area contributed by atoms with Crippen molar-refractivity contribution in [1.29, 1.82) is 0 Å². The van der Waals surface area contributed by atoms with Crippen molar-refractivity contribution >= 4 is 57.0 Å². The van der Waals surface area contributed by atoms with E-state index in [-0.39, 0.29) is 18.2 Å². The molecule has 0 radical (unpaired) electrons. The van der Waals surface area contributed by atoms with Crippen LogP contribution in [0.2, 0.25) is 5.02 Å².